The Balaban J connectivity index is 1.57. The molecular weight excluding hydrogens is 362 g/mol. The molecule has 0 atom stereocenters. The minimum Gasteiger partial charge on any atom is -0.298 e. The topological polar surface area (TPSA) is 79.4 Å². The molecule has 0 bridgehead atoms. The second-order valence-corrected chi connectivity index (χ2v) is 7.35. The van der Waals surface area contributed by atoms with E-state index < -0.39 is 0 Å². The minimum absolute atomic E-state index is 0.285. The van der Waals surface area contributed by atoms with E-state index in [4.69, 9.17) is 0 Å². The summed E-state index contributed by atoms with van der Waals surface area (Å²) in [6.45, 7) is 2.40. The van der Waals surface area contributed by atoms with E-state index >= 15 is 0 Å². The Labute approximate surface area is 159 Å². The monoisotopic (exact) mass is 379 g/mol. The molecular formula is C20H17N3O3S. The number of nitrogens with zero attached hydrogens (tertiary/aromatic N) is 2. The lowest BCUT2D eigenvalue weighted by Crippen LogP contribution is -2.30. The Morgan fingerprint density at radius 1 is 1.11 bits per heavy atom. The molecule has 1 N–H and O–H groups in total. The first-order chi connectivity index (χ1) is 13.1. The highest BCUT2D eigenvalue weighted by Gasteiger charge is 2.35. The molecule has 6 nitrogen and oxygen atoms in total. The fraction of sp³-hybridized carbons (Fsp3) is 0.200. The maximum Gasteiger partial charge on any atom is 0.261 e. The number of carbonyl (C=O) groups excluding carboxylic acids is 3. The van der Waals surface area contributed by atoms with Crippen LogP contribution in [0, 0.1) is 0 Å². The number of hydrogen-bond acceptors (Lipinski definition) is 5. The van der Waals surface area contributed by atoms with Crippen molar-refractivity contribution >= 4 is 44.4 Å². The van der Waals surface area contributed by atoms with Gasteiger partial charge in [0.2, 0.25) is 0 Å². The summed E-state index contributed by atoms with van der Waals surface area (Å²) in [5, 5.41) is 3.26. The normalized spacial score (nSPS) is 13.3. The van der Waals surface area contributed by atoms with Crippen molar-refractivity contribution in [2.75, 3.05) is 11.9 Å². The molecule has 0 fully saturated rings. The Hall–Kier alpha value is -3.06. The molecule has 1 aliphatic heterocycles. The first-order valence-corrected chi connectivity index (χ1v) is 9.57. The molecule has 0 saturated heterocycles. The summed E-state index contributed by atoms with van der Waals surface area (Å²) in [5.41, 5.74) is 1.78. The number of nitrogens with one attached hydrogen (secondary N) is 1. The van der Waals surface area contributed by atoms with Crippen molar-refractivity contribution in [3.8, 4) is 0 Å². The number of para-hydroxylation sites is 1. The molecule has 0 saturated carbocycles. The third-order valence-corrected chi connectivity index (χ3v) is 5.43. The molecule has 0 aliphatic carbocycles. The fourth-order valence-corrected chi connectivity index (χ4v) is 3.91. The molecule has 3 aromatic rings. The van der Waals surface area contributed by atoms with Crippen LogP contribution in [0.2, 0.25) is 0 Å². The Kier molecular flexibility index (Phi) is 4.45. The summed E-state index contributed by atoms with van der Waals surface area (Å²) in [5.74, 6) is -0.983. The molecule has 1 aliphatic rings. The van der Waals surface area contributed by atoms with E-state index in [0.717, 1.165) is 23.1 Å². The van der Waals surface area contributed by atoms with Crippen LogP contribution in [0.4, 0.5) is 5.13 Å². The summed E-state index contributed by atoms with van der Waals surface area (Å²) >= 11 is 1.38. The molecule has 0 unspecified atom stereocenters. The van der Waals surface area contributed by atoms with Crippen LogP contribution in [-0.4, -0.2) is 34.2 Å². The number of rotatable bonds is 5. The van der Waals surface area contributed by atoms with Crippen molar-refractivity contribution in [2.24, 2.45) is 0 Å². The average molecular weight is 379 g/mol. The maximum atomic E-state index is 12.6. The molecule has 4 rings (SSSR count). The molecule has 136 valence electrons. The number of benzene rings is 2. The maximum absolute atomic E-state index is 12.6. The molecule has 7 heteroatoms. The van der Waals surface area contributed by atoms with Crippen LogP contribution in [0.25, 0.3) is 10.2 Å². The van der Waals surface area contributed by atoms with Gasteiger partial charge >= 0.3 is 0 Å². The lowest BCUT2D eigenvalue weighted by atomic mass is 10.1. The van der Waals surface area contributed by atoms with Crippen LogP contribution in [0.1, 0.15) is 50.8 Å². The fourth-order valence-electron chi connectivity index (χ4n) is 3.05. The molecule has 3 amide bonds. The van der Waals surface area contributed by atoms with Crippen LogP contribution in [0.15, 0.2) is 42.5 Å². The van der Waals surface area contributed by atoms with Crippen LogP contribution in [-0.2, 0) is 0 Å². The Bertz CT molecular complexity index is 1040. The van der Waals surface area contributed by atoms with Crippen molar-refractivity contribution in [1.82, 2.24) is 9.88 Å². The quantitative estimate of drug-likeness (QED) is 0.681. The molecule has 2 heterocycles. The SMILES string of the molecule is CCCCN1C(=O)c2ccc(C(=O)Nc3nc4ccccc4s3)cc2C1=O. The van der Waals surface area contributed by atoms with Crippen molar-refractivity contribution in [2.45, 2.75) is 19.8 Å². The van der Waals surface area contributed by atoms with E-state index in [9.17, 15) is 14.4 Å². The average Bonchev–Trinajstić information content (AvgIpc) is 3.19. The zero-order chi connectivity index (χ0) is 19.0. The van der Waals surface area contributed by atoms with E-state index in [1.54, 1.807) is 12.1 Å². The molecule has 0 spiro atoms. The Morgan fingerprint density at radius 2 is 1.89 bits per heavy atom. The van der Waals surface area contributed by atoms with Gasteiger partial charge in [0, 0.05) is 12.1 Å². The van der Waals surface area contributed by atoms with Crippen molar-refractivity contribution in [1.29, 1.82) is 0 Å². The van der Waals surface area contributed by atoms with E-state index in [2.05, 4.69) is 10.3 Å². The summed E-state index contributed by atoms with van der Waals surface area (Å²) in [7, 11) is 0. The minimum atomic E-state index is -0.357. The van der Waals surface area contributed by atoms with Gasteiger partial charge in [0.05, 0.1) is 21.3 Å². The van der Waals surface area contributed by atoms with E-state index in [0.29, 0.717) is 22.8 Å². The predicted octanol–water partition coefficient (Wildman–Crippen LogP) is 3.94. The summed E-state index contributed by atoms with van der Waals surface area (Å²) in [4.78, 5) is 43.1. The number of thiazole rings is 1. The molecule has 2 aromatic carbocycles. The lowest BCUT2D eigenvalue weighted by molar-refractivity contribution is 0.0652. The number of carbonyl (C=O) groups is 3. The van der Waals surface area contributed by atoms with Crippen molar-refractivity contribution in [3.05, 3.63) is 59.2 Å². The van der Waals surface area contributed by atoms with Gasteiger partial charge in [-0.3, -0.25) is 24.6 Å². The number of unbranched alkanes of at least 4 members (excludes halogenated alkanes) is 1. The van der Waals surface area contributed by atoms with Gasteiger partial charge in [-0.05, 0) is 36.8 Å². The van der Waals surface area contributed by atoms with Gasteiger partial charge in [0.15, 0.2) is 5.13 Å². The highest BCUT2D eigenvalue weighted by Crippen LogP contribution is 2.27. The van der Waals surface area contributed by atoms with Gasteiger partial charge in [0.25, 0.3) is 17.7 Å². The summed E-state index contributed by atoms with van der Waals surface area (Å²) < 4.78 is 0.981. The van der Waals surface area contributed by atoms with E-state index in [1.807, 2.05) is 31.2 Å². The first kappa shape index (κ1) is 17.4. The smallest absolute Gasteiger partial charge is 0.261 e. The molecule has 0 radical (unpaired) electrons. The van der Waals surface area contributed by atoms with Crippen LogP contribution in [0.5, 0.6) is 0 Å². The van der Waals surface area contributed by atoms with Crippen LogP contribution >= 0.6 is 11.3 Å². The number of amides is 3. The number of fused-ring (bicyclic) bond motifs is 2. The zero-order valence-electron chi connectivity index (χ0n) is 14.7. The zero-order valence-corrected chi connectivity index (χ0v) is 15.5. The van der Waals surface area contributed by atoms with Gasteiger partial charge in [-0.25, -0.2) is 4.98 Å². The third kappa shape index (κ3) is 3.10. The van der Waals surface area contributed by atoms with Crippen molar-refractivity contribution in [3.63, 3.8) is 0 Å². The predicted molar refractivity (Wildman–Crippen MR) is 104 cm³/mol. The molecule has 1 aromatic heterocycles. The van der Waals surface area contributed by atoms with Crippen LogP contribution in [0.3, 0.4) is 0 Å². The summed E-state index contributed by atoms with van der Waals surface area (Å²) in [6, 6.07) is 12.2. The lowest BCUT2D eigenvalue weighted by Gasteiger charge is -2.12. The van der Waals surface area contributed by atoms with Gasteiger partial charge in [-0.15, -0.1) is 0 Å². The highest BCUT2D eigenvalue weighted by molar-refractivity contribution is 7.22. The number of anilines is 1. The van der Waals surface area contributed by atoms with Gasteiger partial charge < -0.3 is 0 Å². The standard InChI is InChI=1S/C20H17N3O3S/c1-2-3-10-23-18(25)13-9-8-12(11-14(13)19(23)26)17(24)22-20-21-15-6-4-5-7-16(15)27-20/h4-9,11H,2-3,10H2,1H3,(H,21,22,24). The largest absolute Gasteiger partial charge is 0.298 e. The second kappa shape index (κ2) is 6.92. The van der Waals surface area contributed by atoms with E-state index in [-0.39, 0.29) is 23.3 Å². The van der Waals surface area contributed by atoms with Crippen LogP contribution < -0.4 is 5.32 Å². The second-order valence-electron chi connectivity index (χ2n) is 6.32. The highest BCUT2D eigenvalue weighted by atomic mass is 32.1. The van der Waals surface area contributed by atoms with E-state index in [1.165, 1.54) is 22.3 Å². The number of aromatic nitrogens is 1. The number of hydrogen-bond donors (Lipinski definition) is 1. The summed E-state index contributed by atoms with van der Waals surface area (Å²) in [6.07, 6.45) is 1.65. The van der Waals surface area contributed by atoms with Gasteiger partial charge in [-0.1, -0.05) is 36.8 Å². The first-order valence-electron chi connectivity index (χ1n) is 8.75. The third-order valence-electron chi connectivity index (χ3n) is 4.48. The Morgan fingerprint density at radius 3 is 2.67 bits per heavy atom. The van der Waals surface area contributed by atoms with Gasteiger partial charge in [0.1, 0.15) is 0 Å². The molecule has 27 heavy (non-hydrogen) atoms. The number of imide groups is 1. The van der Waals surface area contributed by atoms with Gasteiger partial charge in [-0.2, -0.15) is 0 Å². The van der Waals surface area contributed by atoms with Crippen molar-refractivity contribution < 1.29 is 14.4 Å².